The van der Waals surface area contributed by atoms with Gasteiger partial charge in [-0.05, 0) is 30.5 Å². The van der Waals surface area contributed by atoms with Crippen LogP contribution in [0.5, 0.6) is 0 Å². The Morgan fingerprint density at radius 1 is 1.21 bits per heavy atom. The maximum atomic E-state index is 13.4. The van der Waals surface area contributed by atoms with Crippen LogP contribution in [0.4, 0.5) is 4.39 Å². The van der Waals surface area contributed by atoms with Crippen LogP contribution in [-0.4, -0.2) is 62.0 Å². The second kappa shape index (κ2) is 7.59. The van der Waals surface area contributed by atoms with E-state index in [9.17, 15) is 14.3 Å². The third kappa shape index (κ3) is 3.45. The van der Waals surface area contributed by atoms with Crippen molar-refractivity contribution in [3.8, 4) is 0 Å². The first kappa shape index (κ1) is 17.3. The van der Waals surface area contributed by atoms with Crippen molar-refractivity contribution in [3.05, 3.63) is 35.6 Å². The molecule has 0 unspecified atom stereocenters. The second-order valence-electron chi connectivity index (χ2n) is 6.58. The van der Waals surface area contributed by atoms with Crippen LogP contribution in [-0.2, 0) is 19.7 Å². The Kier molecular flexibility index (Phi) is 5.48. The molecule has 0 radical (unpaired) electrons. The number of aliphatic hydroxyl groups excluding tert-OH is 1. The zero-order valence-corrected chi connectivity index (χ0v) is 13.7. The van der Waals surface area contributed by atoms with Crippen LogP contribution in [0.15, 0.2) is 24.3 Å². The zero-order valence-electron chi connectivity index (χ0n) is 13.7. The number of amides is 1. The van der Waals surface area contributed by atoms with E-state index >= 15 is 0 Å². The normalized spacial score (nSPS) is 24.4. The molecular formula is C18H24FNO4. The van der Waals surface area contributed by atoms with Gasteiger partial charge in [-0.3, -0.25) is 4.79 Å². The standard InChI is InChI=1S/C18H24FNO4/c19-16-3-1-15(2-4-16)18(5-8-23-9-6-18)17(22)20-7-10-24-13-14(11-20)12-21/h1-4,14,21H,5-13H2/t14-/m1/s1. The first-order chi connectivity index (χ1) is 11.7. The van der Waals surface area contributed by atoms with Gasteiger partial charge in [-0.25, -0.2) is 4.39 Å². The molecule has 0 aliphatic carbocycles. The van der Waals surface area contributed by atoms with Crippen LogP contribution in [0.25, 0.3) is 0 Å². The van der Waals surface area contributed by atoms with Crippen molar-refractivity contribution in [2.24, 2.45) is 5.92 Å². The van der Waals surface area contributed by atoms with Gasteiger partial charge in [-0.2, -0.15) is 0 Å². The molecule has 1 aromatic carbocycles. The Hall–Kier alpha value is -1.50. The fourth-order valence-corrected chi connectivity index (χ4v) is 3.59. The van der Waals surface area contributed by atoms with Gasteiger partial charge in [0, 0.05) is 38.8 Å². The molecule has 2 fully saturated rings. The molecule has 132 valence electrons. The van der Waals surface area contributed by atoms with Crippen molar-refractivity contribution < 1.29 is 23.8 Å². The number of carbonyl (C=O) groups is 1. The monoisotopic (exact) mass is 337 g/mol. The van der Waals surface area contributed by atoms with Crippen molar-refractivity contribution in [1.82, 2.24) is 4.90 Å². The van der Waals surface area contributed by atoms with E-state index in [1.807, 2.05) is 0 Å². The van der Waals surface area contributed by atoms with E-state index in [2.05, 4.69) is 0 Å². The molecule has 1 aromatic rings. The summed E-state index contributed by atoms with van der Waals surface area (Å²) in [6, 6.07) is 6.22. The van der Waals surface area contributed by atoms with Crippen molar-refractivity contribution in [1.29, 1.82) is 0 Å². The molecule has 0 saturated carbocycles. The van der Waals surface area contributed by atoms with Gasteiger partial charge in [0.15, 0.2) is 0 Å². The van der Waals surface area contributed by atoms with Crippen molar-refractivity contribution in [2.45, 2.75) is 18.3 Å². The molecule has 0 aromatic heterocycles. The molecule has 2 aliphatic heterocycles. The molecule has 0 bridgehead atoms. The second-order valence-corrected chi connectivity index (χ2v) is 6.58. The van der Waals surface area contributed by atoms with Gasteiger partial charge in [0.25, 0.3) is 0 Å². The molecule has 2 heterocycles. The zero-order chi connectivity index (χ0) is 17.0. The van der Waals surface area contributed by atoms with Gasteiger partial charge in [-0.15, -0.1) is 0 Å². The maximum Gasteiger partial charge on any atom is 0.233 e. The lowest BCUT2D eigenvalue weighted by Gasteiger charge is -2.40. The lowest BCUT2D eigenvalue weighted by molar-refractivity contribution is -0.142. The molecule has 3 rings (SSSR count). The van der Waals surface area contributed by atoms with E-state index in [4.69, 9.17) is 9.47 Å². The molecule has 0 spiro atoms. The highest BCUT2D eigenvalue weighted by molar-refractivity contribution is 5.88. The van der Waals surface area contributed by atoms with Gasteiger partial charge < -0.3 is 19.5 Å². The summed E-state index contributed by atoms with van der Waals surface area (Å²) in [6.45, 7) is 2.95. The summed E-state index contributed by atoms with van der Waals surface area (Å²) in [6.07, 6.45) is 1.16. The minimum Gasteiger partial charge on any atom is -0.396 e. The molecule has 5 nitrogen and oxygen atoms in total. The summed E-state index contributed by atoms with van der Waals surface area (Å²) in [7, 11) is 0. The number of nitrogens with zero attached hydrogens (tertiary/aromatic N) is 1. The number of hydrogen-bond donors (Lipinski definition) is 1. The Bertz CT molecular complexity index is 557. The first-order valence-corrected chi connectivity index (χ1v) is 8.47. The predicted molar refractivity (Wildman–Crippen MR) is 86.1 cm³/mol. The molecule has 2 aliphatic rings. The smallest absolute Gasteiger partial charge is 0.233 e. The maximum absolute atomic E-state index is 13.4. The minimum absolute atomic E-state index is 0.00353. The van der Waals surface area contributed by atoms with Crippen molar-refractivity contribution in [3.63, 3.8) is 0 Å². The highest BCUT2D eigenvalue weighted by atomic mass is 19.1. The molecule has 6 heteroatoms. The third-order valence-corrected chi connectivity index (χ3v) is 5.04. The summed E-state index contributed by atoms with van der Waals surface area (Å²) >= 11 is 0. The molecule has 2 saturated heterocycles. The quantitative estimate of drug-likeness (QED) is 0.904. The van der Waals surface area contributed by atoms with E-state index in [0.29, 0.717) is 52.4 Å². The molecule has 24 heavy (non-hydrogen) atoms. The Labute approximate surface area is 141 Å². The summed E-state index contributed by atoms with van der Waals surface area (Å²) in [5.41, 5.74) is 0.152. The summed E-state index contributed by atoms with van der Waals surface area (Å²) in [5, 5.41) is 9.46. The number of rotatable bonds is 3. The van der Waals surface area contributed by atoms with Crippen LogP contribution in [0.3, 0.4) is 0 Å². The van der Waals surface area contributed by atoms with Gasteiger partial charge in [-0.1, -0.05) is 12.1 Å². The van der Waals surface area contributed by atoms with E-state index in [1.54, 1.807) is 17.0 Å². The lowest BCUT2D eigenvalue weighted by atomic mass is 9.73. The Morgan fingerprint density at radius 3 is 2.58 bits per heavy atom. The van der Waals surface area contributed by atoms with Crippen LogP contribution in [0, 0.1) is 11.7 Å². The summed E-state index contributed by atoms with van der Waals surface area (Å²) in [4.78, 5) is 15.2. The van der Waals surface area contributed by atoms with Gasteiger partial charge in [0.05, 0.1) is 18.6 Å². The number of halogens is 1. The Balaban J connectivity index is 1.90. The lowest BCUT2D eigenvalue weighted by Crippen LogP contribution is -2.51. The first-order valence-electron chi connectivity index (χ1n) is 8.47. The number of carbonyl (C=O) groups excluding carboxylic acids is 1. The van der Waals surface area contributed by atoms with Crippen molar-refractivity contribution in [2.75, 3.05) is 46.1 Å². The number of aliphatic hydroxyl groups is 1. The van der Waals surface area contributed by atoms with Gasteiger partial charge >= 0.3 is 0 Å². The molecule has 1 amide bonds. The predicted octanol–water partition coefficient (Wildman–Crippen LogP) is 1.34. The summed E-state index contributed by atoms with van der Waals surface area (Å²) < 4.78 is 24.3. The average Bonchev–Trinajstić information content (AvgIpc) is 2.88. The van der Waals surface area contributed by atoms with E-state index < -0.39 is 5.41 Å². The van der Waals surface area contributed by atoms with Gasteiger partial charge in [0.2, 0.25) is 5.91 Å². The fourth-order valence-electron chi connectivity index (χ4n) is 3.59. The highest BCUT2D eigenvalue weighted by Gasteiger charge is 2.44. The summed E-state index contributed by atoms with van der Waals surface area (Å²) in [5.74, 6) is -0.347. The van der Waals surface area contributed by atoms with Crippen LogP contribution >= 0.6 is 0 Å². The third-order valence-electron chi connectivity index (χ3n) is 5.04. The topological polar surface area (TPSA) is 59.0 Å². The van der Waals surface area contributed by atoms with E-state index in [1.165, 1.54) is 12.1 Å². The Morgan fingerprint density at radius 2 is 1.92 bits per heavy atom. The van der Waals surface area contributed by atoms with Crippen LogP contribution in [0.2, 0.25) is 0 Å². The van der Waals surface area contributed by atoms with E-state index in [-0.39, 0.29) is 24.2 Å². The SMILES string of the molecule is O=C(N1CCOC[C@@H](CO)C1)C1(c2ccc(F)cc2)CCOCC1. The minimum atomic E-state index is -0.684. The number of hydrogen-bond acceptors (Lipinski definition) is 4. The van der Waals surface area contributed by atoms with Crippen molar-refractivity contribution >= 4 is 5.91 Å². The van der Waals surface area contributed by atoms with E-state index in [0.717, 1.165) is 5.56 Å². The number of benzene rings is 1. The molecular weight excluding hydrogens is 313 g/mol. The number of ether oxygens (including phenoxy) is 2. The highest BCUT2D eigenvalue weighted by Crippen LogP contribution is 2.37. The average molecular weight is 337 g/mol. The van der Waals surface area contributed by atoms with Crippen LogP contribution < -0.4 is 0 Å². The fraction of sp³-hybridized carbons (Fsp3) is 0.611. The van der Waals surface area contributed by atoms with Gasteiger partial charge in [0.1, 0.15) is 5.82 Å². The molecule has 1 atom stereocenters. The molecule has 1 N–H and O–H groups in total. The largest absolute Gasteiger partial charge is 0.396 e. The van der Waals surface area contributed by atoms with Crippen LogP contribution in [0.1, 0.15) is 18.4 Å².